The van der Waals surface area contributed by atoms with E-state index < -0.39 is 0 Å². The highest BCUT2D eigenvalue weighted by Gasteiger charge is 2.28. The number of rotatable bonds is 6. The number of ether oxygens (including phenoxy) is 2. The highest BCUT2D eigenvalue weighted by atomic mass is 79.9. The van der Waals surface area contributed by atoms with Gasteiger partial charge in [0.25, 0.3) is 0 Å². The van der Waals surface area contributed by atoms with Gasteiger partial charge in [0.05, 0.1) is 19.3 Å². The Morgan fingerprint density at radius 1 is 1.38 bits per heavy atom. The maximum Gasteiger partial charge on any atom is 0.341 e. The van der Waals surface area contributed by atoms with E-state index >= 15 is 0 Å². The van der Waals surface area contributed by atoms with Gasteiger partial charge in [-0.1, -0.05) is 22.9 Å². The molecule has 2 aromatic rings. The van der Waals surface area contributed by atoms with E-state index in [1.165, 1.54) is 22.3 Å². The van der Waals surface area contributed by atoms with Crippen LogP contribution in [0, 0.1) is 5.92 Å². The van der Waals surface area contributed by atoms with Crippen molar-refractivity contribution in [3.63, 3.8) is 0 Å². The lowest BCUT2D eigenvalue weighted by Gasteiger charge is -2.18. The third-order valence-electron chi connectivity index (χ3n) is 4.83. The minimum atomic E-state index is -0.368. The summed E-state index contributed by atoms with van der Waals surface area (Å²) in [6.07, 6.45) is 5.93. The number of fused-ring (bicyclic) bond motifs is 1. The number of hydrogen-bond acceptors (Lipinski definition) is 5. The summed E-state index contributed by atoms with van der Waals surface area (Å²) in [6, 6.07) is 5.58. The number of esters is 1. The molecule has 1 unspecified atom stereocenters. The Morgan fingerprint density at radius 2 is 2.17 bits per heavy atom. The number of thiophene rings is 1. The van der Waals surface area contributed by atoms with Gasteiger partial charge in [0.1, 0.15) is 10.8 Å². The van der Waals surface area contributed by atoms with Crippen molar-refractivity contribution in [2.24, 2.45) is 5.92 Å². The van der Waals surface area contributed by atoms with Gasteiger partial charge in [-0.05, 0) is 61.9 Å². The van der Waals surface area contributed by atoms with Crippen LogP contribution in [0.4, 0.5) is 5.00 Å². The lowest BCUT2D eigenvalue weighted by Crippen LogP contribution is -2.15. The highest BCUT2D eigenvalue weighted by molar-refractivity contribution is 9.10. The first kappa shape index (κ1) is 21.6. The maximum atomic E-state index is 12.6. The minimum Gasteiger partial charge on any atom is -0.496 e. The first-order valence-corrected chi connectivity index (χ1v) is 11.2. The number of methoxy groups -OCH3 is 1. The second-order valence-electron chi connectivity index (χ2n) is 6.99. The van der Waals surface area contributed by atoms with Gasteiger partial charge in [-0.2, -0.15) is 0 Å². The van der Waals surface area contributed by atoms with E-state index in [-0.39, 0.29) is 11.9 Å². The monoisotopic (exact) mass is 477 g/mol. The smallest absolute Gasteiger partial charge is 0.341 e. The number of nitrogens with one attached hydrogen (secondary N) is 1. The van der Waals surface area contributed by atoms with Gasteiger partial charge in [-0.25, -0.2) is 4.79 Å². The van der Waals surface area contributed by atoms with Crippen LogP contribution in [0.5, 0.6) is 5.75 Å². The van der Waals surface area contributed by atoms with E-state index in [0.717, 1.165) is 34.9 Å². The standard InChI is InChI=1S/C22H24BrNO4S/c1-4-28-22(26)20-16-8-5-13(2)11-18(16)29-21(20)24-19(25)10-6-14-12-15(23)7-9-17(14)27-3/h6-7,9-10,12-13H,4-5,8,11H2,1-3H3,(H,24,25)/b10-6+. The van der Waals surface area contributed by atoms with Crippen molar-refractivity contribution in [2.75, 3.05) is 19.0 Å². The Bertz CT molecular complexity index is 951. The number of amides is 1. The maximum absolute atomic E-state index is 12.6. The van der Waals surface area contributed by atoms with Gasteiger partial charge in [-0.3, -0.25) is 4.79 Å². The Hall–Kier alpha value is -2.12. The number of anilines is 1. The summed E-state index contributed by atoms with van der Waals surface area (Å²) in [5.41, 5.74) is 2.32. The number of hydrogen-bond donors (Lipinski definition) is 1. The van der Waals surface area contributed by atoms with Crippen LogP contribution in [0.25, 0.3) is 6.08 Å². The second kappa shape index (κ2) is 9.59. The molecule has 0 saturated carbocycles. The molecule has 154 valence electrons. The van der Waals surface area contributed by atoms with E-state index in [2.05, 4.69) is 28.2 Å². The van der Waals surface area contributed by atoms with Gasteiger partial charge in [0.15, 0.2) is 0 Å². The van der Waals surface area contributed by atoms with E-state index in [9.17, 15) is 9.59 Å². The molecule has 1 heterocycles. The zero-order chi connectivity index (χ0) is 21.0. The van der Waals surface area contributed by atoms with Crippen molar-refractivity contribution >= 4 is 50.2 Å². The highest BCUT2D eigenvalue weighted by Crippen LogP contribution is 2.40. The van der Waals surface area contributed by atoms with Crippen LogP contribution < -0.4 is 10.1 Å². The lowest BCUT2D eigenvalue weighted by molar-refractivity contribution is -0.111. The number of carbonyl (C=O) groups is 2. The summed E-state index contributed by atoms with van der Waals surface area (Å²) in [5.74, 6) is 0.574. The van der Waals surface area contributed by atoms with Gasteiger partial charge < -0.3 is 14.8 Å². The molecule has 0 radical (unpaired) electrons. The average molecular weight is 478 g/mol. The molecular weight excluding hydrogens is 454 g/mol. The summed E-state index contributed by atoms with van der Waals surface area (Å²) >= 11 is 4.91. The molecule has 7 heteroatoms. The topological polar surface area (TPSA) is 64.6 Å². The lowest BCUT2D eigenvalue weighted by atomic mass is 9.88. The minimum absolute atomic E-state index is 0.301. The molecule has 5 nitrogen and oxygen atoms in total. The molecule has 1 aromatic carbocycles. The van der Waals surface area contributed by atoms with Gasteiger partial charge in [0, 0.05) is 21.0 Å². The van der Waals surface area contributed by atoms with Crippen molar-refractivity contribution < 1.29 is 19.1 Å². The SMILES string of the molecule is CCOC(=O)c1c(NC(=O)/C=C/c2cc(Br)ccc2OC)sc2c1CCC(C)C2. The molecule has 1 aromatic heterocycles. The van der Waals surface area contributed by atoms with Gasteiger partial charge >= 0.3 is 5.97 Å². The quantitative estimate of drug-likeness (QED) is 0.442. The van der Waals surface area contributed by atoms with Crippen LogP contribution in [0.15, 0.2) is 28.7 Å². The van der Waals surface area contributed by atoms with Crippen LogP contribution in [-0.2, 0) is 22.4 Å². The van der Waals surface area contributed by atoms with Crippen LogP contribution in [0.1, 0.15) is 46.6 Å². The summed E-state index contributed by atoms with van der Waals surface area (Å²) in [7, 11) is 1.59. The van der Waals surface area contributed by atoms with Crippen LogP contribution in [0.3, 0.4) is 0 Å². The first-order chi connectivity index (χ1) is 13.9. The Labute approximate surface area is 183 Å². The molecule has 1 amide bonds. The number of carbonyl (C=O) groups excluding carboxylic acids is 2. The van der Waals surface area contributed by atoms with Crippen molar-refractivity contribution in [2.45, 2.75) is 33.1 Å². The molecule has 0 aliphatic heterocycles. The fraction of sp³-hybridized carbons (Fsp3) is 0.364. The van der Waals surface area contributed by atoms with Crippen molar-refractivity contribution in [3.05, 3.63) is 50.3 Å². The van der Waals surface area contributed by atoms with Crippen molar-refractivity contribution in [1.29, 1.82) is 0 Å². The summed E-state index contributed by atoms with van der Waals surface area (Å²) in [5, 5.41) is 3.45. The third-order valence-corrected chi connectivity index (χ3v) is 6.50. The fourth-order valence-corrected chi connectivity index (χ4v) is 5.19. The molecule has 1 atom stereocenters. The zero-order valence-corrected chi connectivity index (χ0v) is 19.1. The molecule has 29 heavy (non-hydrogen) atoms. The average Bonchev–Trinajstić information content (AvgIpc) is 3.03. The summed E-state index contributed by atoms with van der Waals surface area (Å²) in [4.78, 5) is 26.3. The van der Waals surface area contributed by atoms with Crippen LogP contribution in [-0.4, -0.2) is 25.6 Å². The Morgan fingerprint density at radius 3 is 2.90 bits per heavy atom. The van der Waals surface area contributed by atoms with E-state index in [4.69, 9.17) is 9.47 Å². The summed E-state index contributed by atoms with van der Waals surface area (Å²) < 4.78 is 11.5. The molecule has 0 fully saturated rings. The van der Waals surface area contributed by atoms with E-state index in [0.29, 0.717) is 28.8 Å². The second-order valence-corrected chi connectivity index (χ2v) is 9.01. The zero-order valence-electron chi connectivity index (χ0n) is 16.7. The normalized spacial score (nSPS) is 15.8. The molecule has 1 aliphatic carbocycles. The molecule has 0 bridgehead atoms. The Kier molecular flexibility index (Phi) is 7.14. The van der Waals surface area contributed by atoms with E-state index in [1.807, 2.05) is 18.2 Å². The predicted molar refractivity (Wildman–Crippen MR) is 120 cm³/mol. The molecule has 1 aliphatic rings. The molecule has 0 spiro atoms. The van der Waals surface area contributed by atoms with Crippen molar-refractivity contribution in [3.8, 4) is 5.75 Å². The summed E-state index contributed by atoms with van der Waals surface area (Å²) in [6.45, 7) is 4.29. The van der Waals surface area contributed by atoms with Crippen LogP contribution in [0.2, 0.25) is 0 Å². The van der Waals surface area contributed by atoms with E-state index in [1.54, 1.807) is 20.1 Å². The molecule has 1 N–H and O–H groups in total. The number of benzene rings is 1. The molecule has 3 rings (SSSR count). The molecule has 0 saturated heterocycles. The van der Waals surface area contributed by atoms with Gasteiger partial charge in [0.2, 0.25) is 5.91 Å². The first-order valence-electron chi connectivity index (χ1n) is 9.57. The predicted octanol–water partition coefficient (Wildman–Crippen LogP) is 5.47. The largest absolute Gasteiger partial charge is 0.496 e. The molecular formula is C22H24BrNO4S. The third kappa shape index (κ3) is 5.08. The fourth-order valence-electron chi connectivity index (χ4n) is 3.41. The Balaban J connectivity index is 1.85. The van der Waals surface area contributed by atoms with Crippen molar-refractivity contribution in [1.82, 2.24) is 0 Å². The van der Waals surface area contributed by atoms with Crippen LogP contribution >= 0.6 is 27.3 Å². The van der Waals surface area contributed by atoms with Gasteiger partial charge in [-0.15, -0.1) is 11.3 Å². The number of halogens is 1.